The minimum absolute atomic E-state index is 0.00468. The van der Waals surface area contributed by atoms with Gasteiger partial charge in [-0.3, -0.25) is 4.79 Å². The summed E-state index contributed by atoms with van der Waals surface area (Å²) in [7, 11) is 0. The molecule has 0 saturated heterocycles. The number of carboxylic acids is 1. The van der Waals surface area contributed by atoms with Gasteiger partial charge in [0.15, 0.2) is 0 Å². The van der Waals surface area contributed by atoms with Crippen LogP contribution in [0, 0.1) is 5.92 Å². The van der Waals surface area contributed by atoms with Gasteiger partial charge in [-0.2, -0.15) is 0 Å². The van der Waals surface area contributed by atoms with Crippen molar-refractivity contribution in [2.75, 3.05) is 19.6 Å². The third kappa shape index (κ3) is 3.89. The standard InChI is InChI=1S/C13H24N2O3/c1-4-8-15(11-6-7-11)13(18)14(5-2)9-10(3)12(16)17/h10-11H,4-9H2,1-3H3,(H,16,17). The molecule has 1 saturated carbocycles. The van der Waals surface area contributed by atoms with Crippen LogP contribution >= 0.6 is 0 Å². The molecule has 104 valence electrons. The van der Waals surface area contributed by atoms with Crippen molar-refractivity contribution in [1.82, 2.24) is 9.80 Å². The number of carbonyl (C=O) groups is 2. The summed E-state index contributed by atoms with van der Waals surface area (Å²) in [6, 6.07) is 0.376. The molecule has 1 fully saturated rings. The van der Waals surface area contributed by atoms with E-state index in [0.717, 1.165) is 25.8 Å². The Morgan fingerprint density at radius 2 is 1.94 bits per heavy atom. The summed E-state index contributed by atoms with van der Waals surface area (Å²) in [5, 5.41) is 8.92. The number of nitrogens with zero attached hydrogens (tertiary/aromatic N) is 2. The van der Waals surface area contributed by atoms with Crippen LogP contribution in [0.15, 0.2) is 0 Å². The minimum Gasteiger partial charge on any atom is -0.481 e. The Morgan fingerprint density at radius 3 is 2.33 bits per heavy atom. The average Bonchev–Trinajstić information content (AvgIpc) is 3.15. The summed E-state index contributed by atoms with van der Waals surface area (Å²) >= 11 is 0. The van der Waals surface area contributed by atoms with Crippen molar-refractivity contribution in [3.05, 3.63) is 0 Å². The first-order valence-corrected chi connectivity index (χ1v) is 6.79. The Kier molecular flexibility index (Phi) is 5.44. The van der Waals surface area contributed by atoms with Crippen molar-refractivity contribution < 1.29 is 14.7 Å². The highest BCUT2D eigenvalue weighted by Crippen LogP contribution is 2.28. The number of rotatable bonds is 7. The molecule has 0 heterocycles. The van der Waals surface area contributed by atoms with Gasteiger partial charge >= 0.3 is 12.0 Å². The number of hydrogen-bond acceptors (Lipinski definition) is 2. The third-order valence-electron chi connectivity index (χ3n) is 3.27. The summed E-state index contributed by atoms with van der Waals surface area (Å²) in [6.45, 7) is 7.20. The van der Waals surface area contributed by atoms with Gasteiger partial charge in [-0.15, -0.1) is 0 Å². The van der Waals surface area contributed by atoms with Gasteiger partial charge < -0.3 is 14.9 Å². The van der Waals surface area contributed by atoms with Gasteiger partial charge in [0.05, 0.1) is 5.92 Å². The smallest absolute Gasteiger partial charge is 0.320 e. The lowest BCUT2D eigenvalue weighted by molar-refractivity contribution is -0.141. The third-order valence-corrected chi connectivity index (χ3v) is 3.27. The van der Waals surface area contributed by atoms with Crippen LogP contribution in [0.5, 0.6) is 0 Å². The number of amides is 2. The van der Waals surface area contributed by atoms with Crippen molar-refractivity contribution in [2.24, 2.45) is 5.92 Å². The lowest BCUT2D eigenvalue weighted by Gasteiger charge is -2.31. The van der Waals surface area contributed by atoms with E-state index in [1.165, 1.54) is 0 Å². The van der Waals surface area contributed by atoms with Crippen molar-refractivity contribution in [3.8, 4) is 0 Å². The highest BCUT2D eigenvalue weighted by atomic mass is 16.4. The number of hydrogen-bond donors (Lipinski definition) is 1. The zero-order valence-corrected chi connectivity index (χ0v) is 11.6. The summed E-state index contributed by atoms with van der Waals surface area (Å²) in [6.07, 6.45) is 3.10. The van der Waals surface area contributed by atoms with E-state index in [0.29, 0.717) is 12.6 Å². The van der Waals surface area contributed by atoms with Crippen molar-refractivity contribution in [2.45, 2.75) is 46.1 Å². The van der Waals surface area contributed by atoms with Crippen LogP contribution in [0.25, 0.3) is 0 Å². The van der Waals surface area contributed by atoms with E-state index in [4.69, 9.17) is 5.11 Å². The van der Waals surface area contributed by atoms with Crippen LogP contribution < -0.4 is 0 Å². The molecule has 0 aromatic rings. The SMILES string of the molecule is CCCN(C(=O)N(CC)CC(C)C(=O)O)C1CC1. The minimum atomic E-state index is -0.852. The molecule has 1 N–H and O–H groups in total. The predicted octanol–water partition coefficient (Wildman–Crippen LogP) is 2.02. The van der Waals surface area contributed by atoms with Crippen molar-refractivity contribution >= 4 is 12.0 Å². The number of carboxylic acid groups (broad SMARTS) is 1. The molecule has 5 heteroatoms. The first-order valence-electron chi connectivity index (χ1n) is 6.79. The average molecular weight is 256 g/mol. The van der Waals surface area contributed by atoms with E-state index >= 15 is 0 Å². The molecule has 1 rings (SSSR count). The summed E-state index contributed by atoms with van der Waals surface area (Å²) in [5.74, 6) is -1.37. The second-order valence-corrected chi connectivity index (χ2v) is 4.99. The molecule has 18 heavy (non-hydrogen) atoms. The van der Waals surface area contributed by atoms with E-state index < -0.39 is 11.9 Å². The molecule has 0 radical (unpaired) electrons. The Hall–Kier alpha value is -1.26. The van der Waals surface area contributed by atoms with Crippen LogP contribution in [0.4, 0.5) is 4.79 Å². The van der Waals surface area contributed by atoms with Gasteiger partial charge in [0.25, 0.3) is 0 Å². The Bertz CT molecular complexity index is 303. The van der Waals surface area contributed by atoms with Crippen LogP contribution in [-0.2, 0) is 4.79 Å². The molecule has 5 nitrogen and oxygen atoms in total. The largest absolute Gasteiger partial charge is 0.481 e. The van der Waals surface area contributed by atoms with Crippen molar-refractivity contribution in [1.29, 1.82) is 0 Å². The second-order valence-electron chi connectivity index (χ2n) is 4.99. The van der Waals surface area contributed by atoms with Crippen LogP contribution in [-0.4, -0.2) is 52.6 Å². The summed E-state index contributed by atoms with van der Waals surface area (Å²) in [4.78, 5) is 26.8. The summed E-state index contributed by atoms with van der Waals surface area (Å²) in [5.41, 5.74) is 0. The van der Waals surface area contributed by atoms with Gasteiger partial charge in [0, 0.05) is 25.7 Å². The molecule has 2 amide bonds. The molecule has 1 atom stereocenters. The topological polar surface area (TPSA) is 60.9 Å². The van der Waals surface area contributed by atoms with Gasteiger partial charge in [0.1, 0.15) is 0 Å². The fraction of sp³-hybridized carbons (Fsp3) is 0.846. The van der Waals surface area contributed by atoms with E-state index in [9.17, 15) is 9.59 Å². The van der Waals surface area contributed by atoms with Crippen LogP contribution in [0.2, 0.25) is 0 Å². The fourth-order valence-corrected chi connectivity index (χ4v) is 1.99. The number of aliphatic carboxylic acids is 1. The first-order chi connectivity index (χ1) is 8.51. The van der Waals surface area contributed by atoms with Crippen molar-refractivity contribution in [3.63, 3.8) is 0 Å². The normalized spacial score (nSPS) is 16.2. The molecule has 1 unspecified atom stereocenters. The number of urea groups is 1. The second kappa shape index (κ2) is 6.61. The lowest BCUT2D eigenvalue weighted by Crippen LogP contribution is -2.46. The Labute approximate surface area is 109 Å². The molecule has 0 aromatic heterocycles. The van der Waals surface area contributed by atoms with E-state index in [1.807, 2.05) is 11.8 Å². The fourth-order valence-electron chi connectivity index (χ4n) is 1.99. The zero-order valence-electron chi connectivity index (χ0n) is 11.6. The van der Waals surface area contributed by atoms with Gasteiger partial charge in [-0.25, -0.2) is 4.79 Å². The maximum atomic E-state index is 12.4. The Balaban J connectivity index is 2.61. The van der Waals surface area contributed by atoms with Gasteiger partial charge in [-0.05, 0) is 26.2 Å². The zero-order chi connectivity index (χ0) is 13.7. The maximum Gasteiger partial charge on any atom is 0.320 e. The molecule has 0 aliphatic heterocycles. The monoisotopic (exact) mass is 256 g/mol. The predicted molar refractivity (Wildman–Crippen MR) is 69.5 cm³/mol. The molecular weight excluding hydrogens is 232 g/mol. The first kappa shape index (κ1) is 14.8. The number of carbonyl (C=O) groups excluding carboxylic acids is 1. The molecule has 0 spiro atoms. The molecular formula is C13H24N2O3. The van der Waals surface area contributed by atoms with E-state index in [1.54, 1.807) is 11.8 Å². The summed E-state index contributed by atoms with van der Waals surface area (Å²) < 4.78 is 0. The molecule has 0 bridgehead atoms. The van der Waals surface area contributed by atoms with Crippen LogP contribution in [0.1, 0.15) is 40.0 Å². The highest BCUT2D eigenvalue weighted by molar-refractivity contribution is 5.76. The lowest BCUT2D eigenvalue weighted by atomic mass is 10.2. The highest BCUT2D eigenvalue weighted by Gasteiger charge is 2.34. The van der Waals surface area contributed by atoms with E-state index in [-0.39, 0.29) is 12.6 Å². The van der Waals surface area contributed by atoms with Crippen LogP contribution in [0.3, 0.4) is 0 Å². The van der Waals surface area contributed by atoms with E-state index in [2.05, 4.69) is 6.92 Å². The molecule has 0 aromatic carbocycles. The quantitative estimate of drug-likeness (QED) is 0.758. The molecule has 1 aliphatic rings. The van der Waals surface area contributed by atoms with Gasteiger partial charge in [-0.1, -0.05) is 13.8 Å². The van der Waals surface area contributed by atoms with Gasteiger partial charge in [0.2, 0.25) is 0 Å². The Morgan fingerprint density at radius 1 is 1.33 bits per heavy atom. The maximum absolute atomic E-state index is 12.4. The molecule has 1 aliphatic carbocycles.